The van der Waals surface area contributed by atoms with E-state index in [1.54, 1.807) is 7.05 Å². The van der Waals surface area contributed by atoms with Gasteiger partial charge in [0.15, 0.2) is 5.76 Å². The largest absolute Gasteiger partial charge is 0.492 e. The molecule has 0 atom stereocenters. The lowest BCUT2D eigenvalue weighted by Crippen LogP contribution is -2.19. The number of aliphatic hydroxyl groups is 1. The Labute approximate surface area is 91.9 Å². The van der Waals surface area contributed by atoms with Crippen LogP contribution in [0.2, 0.25) is 0 Å². The lowest BCUT2D eigenvalue weighted by Gasteiger charge is -2.11. The summed E-state index contributed by atoms with van der Waals surface area (Å²) in [4.78, 5) is 23.6. The van der Waals surface area contributed by atoms with Gasteiger partial charge in [0.2, 0.25) is 11.6 Å². The summed E-state index contributed by atoms with van der Waals surface area (Å²) >= 11 is 0. The van der Waals surface area contributed by atoms with Crippen LogP contribution in [0.4, 0.5) is 0 Å². The number of carbonyl (C=O) groups is 2. The third-order valence-electron chi connectivity index (χ3n) is 2.68. The van der Waals surface area contributed by atoms with Gasteiger partial charge in [0, 0.05) is 18.8 Å². The van der Waals surface area contributed by atoms with Gasteiger partial charge in [0.05, 0.1) is 19.3 Å². The van der Waals surface area contributed by atoms with Crippen LogP contribution in [0.15, 0.2) is 17.9 Å². The molecule has 0 radical (unpaired) electrons. The Morgan fingerprint density at radius 3 is 2.69 bits per heavy atom. The quantitative estimate of drug-likeness (QED) is 0.786. The number of rotatable bonds is 2. The van der Waals surface area contributed by atoms with E-state index in [-0.39, 0.29) is 29.5 Å². The molecule has 1 N–H and O–H groups in total. The van der Waals surface area contributed by atoms with E-state index in [1.165, 1.54) is 23.8 Å². The SMILES string of the molecule is COC1=CC(=O)c2c(cc(CO)n2C)C1=O. The lowest BCUT2D eigenvalue weighted by molar-refractivity contribution is 0.0914. The van der Waals surface area contributed by atoms with E-state index in [1.807, 2.05) is 0 Å². The normalized spacial score (nSPS) is 14.8. The number of nitrogens with zero attached hydrogens (tertiary/aromatic N) is 1. The molecule has 0 unspecified atom stereocenters. The molecule has 0 spiro atoms. The molecule has 2 rings (SSSR count). The molecular weight excluding hydrogens is 210 g/mol. The van der Waals surface area contributed by atoms with Gasteiger partial charge in [-0.05, 0) is 6.07 Å². The zero-order valence-electron chi connectivity index (χ0n) is 8.98. The maximum Gasteiger partial charge on any atom is 0.229 e. The maximum atomic E-state index is 11.8. The molecule has 0 saturated heterocycles. The number of Topliss-reactive ketones (excluding diaryl/α,β-unsaturated/α-hetero) is 1. The number of ether oxygens (including phenoxy) is 1. The predicted molar refractivity (Wildman–Crippen MR) is 55.1 cm³/mol. The number of methoxy groups -OCH3 is 1. The summed E-state index contributed by atoms with van der Waals surface area (Å²) in [5.74, 6) is -0.575. The molecule has 0 amide bonds. The second-order valence-corrected chi connectivity index (χ2v) is 3.52. The monoisotopic (exact) mass is 221 g/mol. The van der Waals surface area contributed by atoms with Gasteiger partial charge in [-0.2, -0.15) is 0 Å². The standard InChI is InChI=1S/C11H11NO4/c1-12-6(5-13)3-7-10(12)8(14)4-9(16-2)11(7)15/h3-4,13H,5H2,1-2H3. The Morgan fingerprint density at radius 1 is 1.44 bits per heavy atom. The van der Waals surface area contributed by atoms with Crippen molar-refractivity contribution in [2.24, 2.45) is 7.05 Å². The minimum Gasteiger partial charge on any atom is -0.492 e. The Morgan fingerprint density at radius 2 is 2.12 bits per heavy atom. The van der Waals surface area contributed by atoms with Gasteiger partial charge >= 0.3 is 0 Å². The molecule has 5 heteroatoms. The fourth-order valence-corrected chi connectivity index (χ4v) is 1.82. The van der Waals surface area contributed by atoms with Gasteiger partial charge in [-0.3, -0.25) is 9.59 Å². The molecule has 0 aromatic carbocycles. The Hall–Kier alpha value is -1.88. The number of ketones is 2. The summed E-state index contributed by atoms with van der Waals surface area (Å²) in [6, 6.07) is 1.52. The molecule has 1 aliphatic carbocycles. The van der Waals surface area contributed by atoms with E-state index in [4.69, 9.17) is 9.84 Å². The molecule has 1 aliphatic rings. The number of aliphatic hydroxyl groups excluding tert-OH is 1. The highest BCUT2D eigenvalue weighted by molar-refractivity contribution is 6.23. The maximum absolute atomic E-state index is 11.8. The third kappa shape index (κ3) is 1.29. The fourth-order valence-electron chi connectivity index (χ4n) is 1.82. The summed E-state index contributed by atoms with van der Waals surface area (Å²) in [7, 11) is 2.99. The highest BCUT2D eigenvalue weighted by Crippen LogP contribution is 2.24. The van der Waals surface area contributed by atoms with E-state index in [0.717, 1.165) is 0 Å². The highest BCUT2D eigenvalue weighted by atomic mass is 16.5. The smallest absolute Gasteiger partial charge is 0.229 e. The number of allylic oxidation sites excluding steroid dienone is 2. The number of fused-ring (bicyclic) bond motifs is 1. The van der Waals surface area contributed by atoms with Gasteiger partial charge in [-0.1, -0.05) is 0 Å². The van der Waals surface area contributed by atoms with Crippen molar-refractivity contribution in [2.45, 2.75) is 6.61 Å². The van der Waals surface area contributed by atoms with Crippen molar-refractivity contribution in [3.63, 3.8) is 0 Å². The van der Waals surface area contributed by atoms with E-state index in [2.05, 4.69) is 0 Å². The van der Waals surface area contributed by atoms with Crippen LogP contribution in [-0.4, -0.2) is 28.3 Å². The van der Waals surface area contributed by atoms with Crippen molar-refractivity contribution in [3.05, 3.63) is 34.9 Å². The second kappa shape index (κ2) is 3.61. The molecule has 0 bridgehead atoms. The van der Waals surface area contributed by atoms with Crippen molar-refractivity contribution in [1.29, 1.82) is 0 Å². The van der Waals surface area contributed by atoms with Crippen molar-refractivity contribution in [3.8, 4) is 0 Å². The first kappa shape index (κ1) is 10.6. The first-order valence-corrected chi connectivity index (χ1v) is 4.74. The summed E-state index contributed by atoms with van der Waals surface area (Å²) < 4.78 is 6.36. The minimum absolute atomic E-state index is 0.0348. The third-order valence-corrected chi connectivity index (χ3v) is 2.68. The zero-order chi connectivity index (χ0) is 11.9. The Kier molecular flexibility index (Phi) is 2.40. The highest BCUT2D eigenvalue weighted by Gasteiger charge is 2.30. The van der Waals surface area contributed by atoms with Crippen LogP contribution in [0.25, 0.3) is 0 Å². The number of aromatic nitrogens is 1. The van der Waals surface area contributed by atoms with Crippen LogP contribution >= 0.6 is 0 Å². The van der Waals surface area contributed by atoms with Crippen LogP contribution in [0.5, 0.6) is 0 Å². The van der Waals surface area contributed by atoms with Crippen LogP contribution < -0.4 is 0 Å². The average Bonchev–Trinajstić information content (AvgIpc) is 2.61. The van der Waals surface area contributed by atoms with E-state index in [0.29, 0.717) is 11.4 Å². The molecular formula is C11H11NO4. The van der Waals surface area contributed by atoms with Crippen molar-refractivity contribution in [2.75, 3.05) is 7.11 Å². The summed E-state index contributed by atoms with van der Waals surface area (Å²) in [6.07, 6.45) is 1.17. The average molecular weight is 221 g/mol. The van der Waals surface area contributed by atoms with E-state index >= 15 is 0 Å². The van der Waals surface area contributed by atoms with Gasteiger partial charge in [-0.25, -0.2) is 0 Å². The Bertz CT molecular complexity index is 510. The summed E-state index contributed by atoms with van der Waals surface area (Å²) in [5.41, 5.74) is 1.11. The summed E-state index contributed by atoms with van der Waals surface area (Å²) in [6.45, 7) is -0.216. The van der Waals surface area contributed by atoms with Crippen molar-refractivity contribution < 1.29 is 19.4 Å². The molecule has 0 aliphatic heterocycles. The van der Waals surface area contributed by atoms with Gasteiger partial charge in [0.1, 0.15) is 5.69 Å². The fraction of sp³-hybridized carbons (Fsp3) is 0.273. The molecule has 0 saturated carbocycles. The Balaban J connectivity index is 2.63. The lowest BCUT2D eigenvalue weighted by atomic mass is 10.0. The topological polar surface area (TPSA) is 68.5 Å². The second-order valence-electron chi connectivity index (χ2n) is 3.52. The number of hydrogen-bond acceptors (Lipinski definition) is 4. The van der Waals surface area contributed by atoms with Gasteiger partial charge in [-0.15, -0.1) is 0 Å². The van der Waals surface area contributed by atoms with Gasteiger partial charge in [0.25, 0.3) is 0 Å². The first-order valence-electron chi connectivity index (χ1n) is 4.74. The molecule has 1 aromatic rings. The predicted octanol–water partition coefficient (Wildman–Crippen LogP) is 0.427. The van der Waals surface area contributed by atoms with Crippen LogP contribution in [0.1, 0.15) is 26.5 Å². The number of hydrogen-bond donors (Lipinski definition) is 1. The molecule has 0 fully saturated rings. The van der Waals surface area contributed by atoms with Crippen LogP contribution in [0, 0.1) is 0 Å². The number of carbonyl (C=O) groups excluding carboxylic acids is 2. The van der Waals surface area contributed by atoms with Gasteiger partial charge < -0.3 is 14.4 Å². The minimum atomic E-state index is -0.326. The van der Waals surface area contributed by atoms with E-state index in [9.17, 15) is 9.59 Å². The molecule has 1 aromatic heterocycles. The zero-order valence-corrected chi connectivity index (χ0v) is 8.98. The molecule has 1 heterocycles. The molecule has 5 nitrogen and oxygen atoms in total. The molecule has 16 heavy (non-hydrogen) atoms. The first-order chi connectivity index (χ1) is 7.60. The van der Waals surface area contributed by atoms with E-state index < -0.39 is 0 Å². The molecule has 84 valence electrons. The van der Waals surface area contributed by atoms with Crippen molar-refractivity contribution >= 4 is 11.6 Å². The van der Waals surface area contributed by atoms with Crippen molar-refractivity contribution in [1.82, 2.24) is 4.57 Å². The van der Waals surface area contributed by atoms with Crippen LogP contribution in [0.3, 0.4) is 0 Å². The van der Waals surface area contributed by atoms with Crippen LogP contribution in [-0.2, 0) is 18.4 Å². The summed E-state index contributed by atoms with van der Waals surface area (Å²) in [5, 5.41) is 9.07.